The number of aliphatic hydroxyl groups is 1. The topological polar surface area (TPSA) is 57.6 Å². The van der Waals surface area contributed by atoms with Crippen molar-refractivity contribution in [1.82, 2.24) is 4.31 Å². The number of nitrogens with zero attached hydrogens (tertiary/aromatic N) is 1. The number of aliphatic hydroxyl groups excluding tert-OH is 1. The molecule has 0 heterocycles. The molecule has 0 unspecified atom stereocenters. The Labute approximate surface area is 113 Å². The molecule has 0 saturated heterocycles. The summed E-state index contributed by atoms with van der Waals surface area (Å²) in [5.41, 5.74) is 0.331. The van der Waals surface area contributed by atoms with Gasteiger partial charge in [-0.1, -0.05) is 6.92 Å². The van der Waals surface area contributed by atoms with Gasteiger partial charge in [-0.15, -0.1) is 0 Å². The van der Waals surface area contributed by atoms with Gasteiger partial charge in [0, 0.05) is 18.2 Å². The molecule has 1 N–H and O–H groups in total. The molecule has 1 rings (SSSR count). The maximum Gasteiger partial charge on any atom is 0.243 e. The predicted octanol–water partition coefficient (Wildman–Crippen LogP) is 2.05. The maximum atomic E-state index is 13.7. The normalized spacial score (nSPS) is 12.4. The van der Waals surface area contributed by atoms with Gasteiger partial charge >= 0.3 is 0 Å². The van der Waals surface area contributed by atoms with E-state index in [2.05, 4.69) is 0 Å². The highest BCUT2D eigenvalue weighted by molar-refractivity contribution is 7.89. The van der Waals surface area contributed by atoms with E-state index in [1.54, 1.807) is 20.8 Å². The Morgan fingerprint density at radius 3 is 2.37 bits per heavy atom. The van der Waals surface area contributed by atoms with Gasteiger partial charge in [0.2, 0.25) is 10.0 Å². The van der Waals surface area contributed by atoms with Gasteiger partial charge in [0.15, 0.2) is 0 Å². The molecule has 0 bridgehead atoms. The second-order valence-corrected chi connectivity index (χ2v) is 6.52. The molecule has 0 amide bonds. The minimum atomic E-state index is -3.75. The summed E-state index contributed by atoms with van der Waals surface area (Å²) in [6.45, 7) is 6.61. The van der Waals surface area contributed by atoms with Crippen LogP contribution >= 0.6 is 0 Å². The first-order chi connectivity index (χ1) is 8.75. The number of benzene rings is 1. The smallest absolute Gasteiger partial charge is 0.243 e. The molecule has 0 radical (unpaired) electrons. The molecule has 0 saturated carbocycles. The van der Waals surface area contributed by atoms with Crippen LogP contribution in [0.15, 0.2) is 17.0 Å². The Bertz CT molecular complexity index is 555. The summed E-state index contributed by atoms with van der Waals surface area (Å²) in [6, 6.07) is 2.27. The third kappa shape index (κ3) is 3.13. The fourth-order valence-electron chi connectivity index (χ4n) is 2.01. The molecule has 1 aromatic rings. The Kier molecular flexibility index (Phi) is 5.06. The van der Waals surface area contributed by atoms with Crippen LogP contribution in [0.1, 0.15) is 31.9 Å². The Hall–Kier alpha value is -0.980. The van der Waals surface area contributed by atoms with Gasteiger partial charge in [-0.25, -0.2) is 12.8 Å². The highest BCUT2D eigenvalue weighted by Crippen LogP contribution is 2.25. The molecule has 0 aliphatic rings. The maximum absolute atomic E-state index is 13.7. The van der Waals surface area contributed by atoms with Crippen molar-refractivity contribution in [3.05, 3.63) is 29.1 Å². The first kappa shape index (κ1) is 16.1. The lowest BCUT2D eigenvalue weighted by Crippen LogP contribution is -2.37. The van der Waals surface area contributed by atoms with Gasteiger partial charge in [0.1, 0.15) is 5.82 Å². The van der Waals surface area contributed by atoms with E-state index in [-0.39, 0.29) is 22.1 Å². The number of hydrogen-bond donors (Lipinski definition) is 1. The summed E-state index contributed by atoms with van der Waals surface area (Å²) in [5.74, 6) is -0.620. The third-order valence-corrected chi connectivity index (χ3v) is 5.29. The predicted molar refractivity (Wildman–Crippen MR) is 71.8 cm³/mol. The third-order valence-electron chi connectivity index (χ3n) is 3.01. The van der Waals surface area contributed by atoms with Crippen LogP contribution in [-0.4, -0.2) is 30.4 Å². The Balaban J connectivity index is 3.47. The molecule has 0 spiro atoms. The van der Waals surface area contributed by atoms with Crippen molar-refractivity contribution in [1.29, 1.82) is 0 Å². The van der Waals surface area contributed by atoms with E-state index in [1.807, 2.05) is 0 Å². The highest BCUT2D eigenvalue weighted by Gasteiger charge is 2.28. The lowest BCUT2D eigenvalue weighted by atomic mass is 10.1. The standard InChI is InChI=1S/C13H20FNO3S/c1-5-15(9(2)3)19(17,18)13-7-11(8-16)6-12(14)10(13)4/h6-7,9,16H,5,8H2,1-4H3. The number of hydrogen-bond acceptors (Lipinski definition) is 3. The molecule has 0 fully saturated rings. The SMILES string of the molecule is CCN(C(C)C)S(=O)(=O)c1cc(CO)cc(F)c1C. The Morgan fingerprint density at radius 2 is 1.95 bits per heavy atom. The molecule has 0 aliphatic heterocycles. The van der Waals surface area contributed by atoms with Crippen molar-refractivity contribution >= 4 is 10.0 Å². The van der Waals surface area contributed by atoms with Gasteiger partial charge in [0.05, 0.1) is 11.5 Å². The van der Waals surface area contributed by atoms with Crippen LogP contribution in [0.3, 0.4) is 0 Å². The second kappa shape index (κ2) is 5.98. The van der Waals surface area contributed by atoms with E-state index >= 15 is 0 Å². The van der Waals surface area contributed by atoms with Crippen molar-refractivity contribution < 1.29 is 17.9 Å². The highest BCUT2D eigenvalue weighted by atomic mass is 32.2. The van der Waals surface area contributed by atoms with Gasteiger partial charge in [-0.05, 0) is 38.5 Å². The van der Waals surface area contributed by atoms with Crippen LogP contribution in [0.4, 0.5) is 4.39 Å². The van der Waals surface area contributed by atoms with Crippen LogP contribution in [-0.2, 0) is 16.6 Å². The minimum Gasteiger partial charge on any atom is -0.392 e. The molecule has 4 nitrogen and oxygen atoms in total. The van der Waals surface area contributed by atoms with Crippen molar-refractivity contribution in [2.75, 3.05) is 6.54 Å². The quantitative estimate of drug-likeness (QED) is 0.902. The zero-order valence-electron chi connectivity index (χ0n) is 11.6. The molecule has 6 heteroatoms. The lowest BCUT2D eigenvalue weighted by Gasteiger charge is -2.25. The summed E-state index contributed by atoms with van der Waals surface area (Å²) in [6.07, 6.45) is 0. The molecule has 108 valence electrons. The summed E-state index contributed by atoms with van der Waals surface area (Å²) in [7, 11) is -3.75. The number of rotatable bonds is 5. The van der Waals surface area contributed by atoms with Crippen molar-refractivity contribution in [3.8, 4) is 0 Å². The first-order valence-electron chi connectivity index (χ1n) is 6.17. The van der Waals surface area contributed by atoms with Gasteiger partial charge < -0.3 is 5.11 Å². The van der Waals surface area contributed by atoms with E-state index < -0.39 is 22.4 Å². The van der Waals surface area contributed by atoms with Gasteiger partial charge in [-0.3, -0.25) is 0 Å². The molecular formula is C13H20FNO3S. The van der Waals surface area contributed by atoms with E-state index in [4.69, 9.17) is 5.11 Å². The second-order valence-electron chi connectivity index (χ2n) is 4.66. The first-order valence-corrected chi connectivity index (χ1v) is 7.61. The summed E-state index contributed by atoms with van der Waals surface area (Å²) < 4.78 is 40.1. The molecule has 1 aromatic carbocycles. The average Bonchev–Trinajstić information content (AvgIpc) is 2.32. The molecule has 19 heavy (non-hydrogen) atoms. The average molecular weight is 289 g/mol. The summed E-state index contributed by atoms with van der Waals surface area (Å²) >= 11 is 0. The van der Waals surface area contributed by atoms with E-state index in [0.29, 0.717) is 6.54 Å². The van der Waals surface area contributed by atoms with Crippen molar-refractivity contribution in [3.63, 3.8) is 0 Å². The van der Waals surface area contributed by atoms with Crippen LogP contribution in [0.2, 0.25) is 0 Å². The zero-order valence-corrected chi connectivity index (χ0v) is 12.5. The molecule has 0 aliphatic carbocycles. The molecular weight excluding hydrogens is 269 g/mol. The molecule has 0 aromatic heterocycles. The lowest BCUT2D eigenvalue weighted by molar-refractivity contribution is 0.280. The Morgan fingerprint density at radius 1 is 1.37 bits per heavy atom. The van der Waals surface area contributed by atoms with Crippen LogP contribution in [0, 0.1) is 12.7 Å². The van der Waals surface area contributed by atoms with Crippen molar-refractivity contribution in [2.24, 2.45) is 0 Å². The number of sulfonamides is 1. The van der Waals surface area contributed by atoms with Gasteiger partial charge in [0.25, 0.3) is 0 Å². The van der Waals surface area contributed by atoms with Crippen LogP contribution in [0.25, 0.3) is 0 Å². The zero-order chi connectivity index (χ0) is 14.8. The molecule has 0 atom stereocenters. The minimum absolute atomic E-state index is 0.0768. The van der Waals surface area contributed by atoms with Crippen molar-refractivity contribution in [2.45, 2.75) is 45.2 Å². The monoisotopic (exact) mass is 289 g/mol. The summed E-state index contributed by atoms with van der Waals surface area (Å²) in [5, 5.41) is 9.07. The fourth-order valence-corrected chi connectivity index (χ4v) is 3.94. The van der Waals surface area contributed by atoms with Gasteiger partial charge in [-0.2, -0.15) is 4.31 Å². The van der Waals surface area contributed by atoms with E-state index in [0.717, 1.165) is 6.07 Å². The van der Waals surface area contributed by atoms with Crippen LogP contribution < -0.4 is 0 Å². The largest absolute Gasteiger partial charge is 0.392 e. The van der Waals surface area contributed by atoms with Crippen LogP contribution in [0.5, 0.6) is 0 Å². The number of halogens is 1. The summed E-state index contributed by atoms with van der Waals surface area (Å²) in [4.78, 5) is -0.0768. The fraction of sp³-hybridized carbons (Fsp3) is 0.538. The van der Waals surface area contributed by atoms with E-state index in [1.165, 1.54) is 17.3 Å². The van der Waals surface area contributed by atoms with E-state index in [9.17, 15) is 12.8 Å².